The maximum Gasteiger partial charge on any atom is 0.253 e. The molecule has 0 aromatic heterocycles. The molecule has 0 aliphatic carbocycles. The van der Waals surface area contributed by atoms with Crippen LogP contribution in [0.25, 0.3) is 0 Å². The molecule has 6 heteroatoms. The van der Waals surface area contributed by atoms with Gasteiger partial charge in [0.15, 0.2) is 23.1 Å². The van der Waals surface area contributed by atoms with Gasteiger partial charge in [0, 0.05) is 12.6 Å². The Morgan fingerprint density at radius 1 is 1.04 bits per heavy atom. The molecular formula is C21H26FNO4. The minimum Gasteiger partial charge on any atom is -0.493 e. The number of likely N-dealkylation sites (N-methyl/N-ethyl adjacent to an activating group) is 1. The molecule has 0 aliphatic heterocycles. The number of halogens is 1. The van der Waals surface area contributed by atoms with E-state index >= 15 is 0 Å². The maximum atomic E-state index is 13.5. The lowest BCUT2D eigenvalue weighted by molar-refractivity contribution is 0.0772. The van der Waals surface area contributed by atoms with Crippen LogP contribution in [0.5, 0.6) is 17.2 Å². The molecule has 0 heterocycles. The van der Waals surface area contributed by atoms with Crippen molar-refractivity contribution in [2.45, 2.75) is 19.8 Å². The Morgan fingerprint density at radius 3 is 2.48 bits per heavy atom. The van der Waals surface area contributed by atoms with Crippen LogP contribution in [0.15, 0.2) is 42.5 Å². The van der Waals surface area contributed by atoms with Crippen LogP contribution in [-0.2, 0) is 0 Å². The number of ether oxygens (including phenoxy) is 3. The van der Waals surface area contributed by atoms with Crippen molar-refractivity contribution < 1.29 is 23.4 Å². The van der Waals surface area contributed by atoms with Crippen molar-refractivity contribution in [2.75, 3.05) is 33.9 Å². The lowest BCUT2D eigenvalue weighted by Gasteiger charge is -2.19. The van der Waals surface area contributed by atoms with Crippen LogP contribution in [0, 0.1) is 5.82 Å². The van der Waals surface area contributed by atoms with Crippen LogP contribution < -0.4 is 14.2 Å². The average Bonchev–Trinajstić information content (AvgIpc) is 2.69. The summed E-state index contributed by atoms with van der Waals surface area (Å²) in [4.78, 5) is 14.1. The van der Waals surface area contributed by atoms with Crippen LogP contribution >= 0.6 is 0 Å². The van der Waals surface area contributed by atoms with Crippen molar-refractivity contribution in [2.24, 2.45) is 0 Å². The largest absolute Gasteiger partial charge is 0.493 e. The molecule has 27 heavy (non-hydrogen) atoms. The maximum absolute atomic E-state index is 13.5. The summed E-state index contributed by atoms with van der Waals surface area (Å²) in [5, 5.41) is 0. The molecule has 0 bridgehead atoms. The van der Waals surface area contributed by atoms with E-state index in [2.05, 4.69) is 6.92 Å². The zero-order valence-corrected chi connectivity index (χ0v) is 16.0. The Balaban J connectivity index is 1.94. The molecule has 0 saturated carbocycles. The van der Waals surface area contributed by atoms with Gasteiger partial charge >= 0.3 is 0 Å². The number of amides is 1. The molecule has 0 atom stereocenters. The first kappa shape index (κ1) is 20.6. The van der Waals surface area contributed by atoms with E-state index in [1.54, 1.807) is 50.6 Å². The number of nitrogens with zero attached hydrogens (tertiary/aromatic N) is 1. The third kappa shape index (κ3) is 5.88. The van der Waals surface area contributed by atoms with E-state index in [0.717, 1.165) is 12.8 Å². The van der Waals surface area contributed by atoms with E-state index in [1.165, 1.54) is 11.0 Å². The van der Waals surface area contributed by atoms with E-state index in [4.69, 9.17) is 14.2 Å². The van der Waals surface area contributed by atoms with Crippen LogP contribution in [0.3, 0.4) is 0 Å². The summed E-state index contributed by atoms with van der Waals surface area (Å²) in [7, 11) is 3.22. The van der Waals surface area contributed by atoms with Gasteiger partial charge in [0.1, 0.15) is 6.61 Å². The number of carbonyl (C=O) groups excluding carboxylic acids is 1. The zero-order valence-electron chi connectivity index (χ0n) is 16.0. The van der Waals surface area contributed by atoms with Crippen molar-refractivity contribution >= 4 is 5.91 Å². The molecule has 2 aromatic carbocycles. The average molecular weight is 375 g/mol. The molecule has 2 rings (SSSR count). The smallest absolute Gasteiger partial charge is 0.253 e. The number of benzene rings is 2. The van der Waals surface area contributed by atoms with Crippen molar-refractivity contribution in [3.8, 4) is 17.2 Å². The minimum atomic E-state index is -0.421. The predicted molar refractivity (Wildman–Crippen MR) is 102 cm³/mol. The van der Waals surface area contributed by atoms with Gasteiger partial charge in [-0.05, 0) is 36.8 Å². The highest BCUT2D eigenvalue weighted by Crippen LogP contribution is 2.28. The molecule has 0 aliphatic rings. The highest BCUT2D eigenvalue weighted by Gasteiger charge is 2.15. The molecule has 0 fully saturated rings. The number of hydrogen-bond acceptors (Lipinski definition) is 4. The Labute approximate surface area is 159 Å². The van der Waals surface area contributed by atoms with Gasteiger partial charge in [-0.25, -0.2) is 4.39 Å². The predicted octanol–water partition coefficient (Wildman–Crippen LogP) is 4.16. The summed E-state index contributed by atoms with van der Waals surface area (Å²) in [6, 6.07) is 11.3. The second-order valence-corrected chi connectivity index (χ2v) is 6.07. The standard InChI is InChI=1S/C21H26FNO4/c1-4-5-13-26-19-11-10-16(15-20(19)25-3)21(24)23(2)12-14-27-18-9-7-6-8-17(18)22/h6-11,15H,4-5,12-14H2,1-3H3. The lowest BCUT2D eigenvalue weighted by Crippen LogP contribution is -2.31. The molecule has 1 amide bonds. The Kier molecular flexibility index (Phi) is 7.92. The molecule has 0 N–H and O–H groups in total. The van der Waals surface area contributed by atoms with Gasteiger partial charge in [-0.15, -0.1) is 0 Å². The van der Waals surface area contributed by atoms with Gasteiger partial charge in [-0.2, -0.15) is 0 Å². The van der Waals surface area contributed by atoms with Crippen LogP contribution in [0.2, 0.25) is 0 Å². The highest BCUT2D eigenvalue weighted by molar-refractivity contribution is 5.94. The normalized spacial score (nSPS) is 10.4. The first-order chi connectivity index (χ1) is 13.1. The first-order valence-electron chi connectivity index (χ1n) is 9.00. The second-order valence-electron chi connectivity index (χ2n) is 6.07. The van der Waals surface area contributed by atoms with Gasteiger partial charge in [-0.3, -0.25) is 4.79 Å². The van der Waals surface area contributed by atoms with Crippen molar-refractivity contribution in [1.82, 2.24) is 4.90 Å². The summed E-state index contributed by atoms with van der Waals surface area (Å²) in [5.74, 6) is 0.718. The van der Waals surface area contributed by atoms with Crippen LogP contribution in [0.4, 0.5) is 4.39 Å². The summed E-state index contributed by atoms with van der Waals surface area (Å²) in [6.45, 7) is 3.21. The van der Waals surface area contributed by atoms with Gasteiger partial charge < -0.3 is 19.1 Å². The highest BCUT2D eigenvalue weighted by atomic mass is 19.1. The van der Waals surface area contributed by atoms with Crippen LogP contribution in [-0.4, -0.2) is 44.7 Å². The molecule has 0 radical (unpaired) electrons. The Hall–Kier alpha value is -2.76. The van der Waals surface area contributed by atoms with Gasteiger partial charge in [-0.1, -0.05) is 25.5 Å². The van der Waals surface area contributed by atoms with E-state index in [-0.39, 0.29) is 18.3 Å². The molecule has 0 unspecified atom stereocenters. The van der Waals surface area contributed by atoms with Gasteiger partial charge in [0.05, 0.1) is 20.3 Å². The van der Waals surface area contributed by atoms with Gasteiger partial charge in [0.25, 0.3) is 5.91 Å². The fraction of sp³-hybridized carbons (Fsp3) is 0.381. The molecule has 2 aromatic rings. The van der Waals surface area contributed by atoms with Crippen molar-refractivity contribution in [3.63, 3.8) is 0 Å². The summed E-state index contributed by atoms with van der Waals surface area (Å²) in [5.41, 5.74) is 0.489. The third-order valence-corrected chi connectivity index (χ3v) is 4.03. The summed E-state index contributed by atoms with van der Waals surface area (Å²) >= 11 is 0. The topological polar surface area (TPSA) is 48.0 Å². The fourth-order valence-electron chi connectivity index (χ4n) is 2.42. The first-order valence-corrected chi connectivity index (χ1v) is 9.00. The molecule has 5 nitrogen and oxygen atoms in total. The Bertz CT molecular complexity index is 751. The number of hydrogen-bond donors (Lipinski definition) is 0. The fourth-order valence-corrected chi connectivity index (χ4v) is 2.42. The van der Waals surface area contributed by atoms with Crippen molar-refractivity contribution in [3.05, 3.63) is 53.8 Å². The van der Waals surface area contributed by atoms with E-state index in [1.807, 2.05) is 0 Å². The zero-order chi connectivity index (χ0) is 19.6. The molecular weight excluding hydrogens is 349 g/mol. The molecule has 146 valence electrons. The quantitative estimate of drug-likeness (QED) is 0.585. The monoisotopic (exact) mass is 375 g/mol. The lowest BCUT2D eigenvalue weighted by atomic mass is 10.1. The molecule has 0 saturated heterocycles. The molecule has 0 spiro atoms. The van der Waals surface area contributed by atoms with Gasteiger partial charge in [0.2, 0.25) is 0 Å². The second kappa shape index (κ2) is 10.4. The Morgan fingerprint density at radius 2 is 1.78 bits per heavy atom. The summed E-state index contributed by atoms with van der Waals surface area (Å²) in [6.07, 6.45) is 1.99. The van der Waals surface area contributed by atoms with Crippen LogP contribution in [0.1, 0.15) is 30.1 Å². The number of para-hydroxylation sites is 1. The summed E-state index contributed by atoms with van der Waals surface area (Å²) < 4.78 is 30.0. The number of methoxy groups -OCH3 is 1. The third-order valence-electron chi connectivity index (χ3n) is 4.03. The SMILES string of the molecule is CCCCOc1ccc(C(=O)N(C)CCOc2ccccc2F)cc1OC. The number of rotatable bonds is 10. The minimum absolute atomic E-state index is 0.175. The van der Waals surface area contributed by atoms with E-state index in [0.29, 0.717) is 30.2 Å². The van der Waals surface area contributed by atoms with Crippen molar-refractivity contribution in [1.29, 1.82) is 0 Å². The number of carbonyl (C=O) groups is 1. The van der Waals surface area contributed by atoms with E-state index in [9.17, 15) is 9.18 Å². The number of unbranched alkanes of at least 4 members (excludes halogenated alkanes) is 1. The van der Waals surface area contributed by atoms with E-state index < -0.39 is 5.82 Å².